The van der Waals surface area contributed by atoms with Crippen LogP contribution < -0.4 is 0 Å². The molecule has 0 bridgehead atoms. The summed E-state index contributed by atoms with van der Waals surface area (Å²) in [4.78, 5) is 3.99. The molecule has 0 saturated carbocycles. The second-order valence-electron chi connectivity index (χ2n) is 2.60. The van der Waals surface area contributed by atoms with Gasteiger partial charge in [0.05, 0.1) is 12.8 Å². The van der Waals surface area contributed by atoms with E-state index in [4.69, 9.17) is 4.74 Å². The maximum Gasteiger partial charge on any atom is 0.105 e. The summed E-state index contributed by atoms with van der Waals surface area (Å²) in [5.41, 5.74) is 0. The fraction of sp³-hybridized carbons (Fsp3) is 0.500. The Balaban J connectivity index is 2.64. The first kappa shape index (κ1) is 7.98. The third-order valence-corrected chi connectivity index (χ3v) is 1.77. The first-order valence-electron chi connectivity index (χ1n) is 3.63. The van der Waals surface area contributed by atoms with Gasteiger partial charge >= 0.3 is 0 Å². The quantitative estimate of drug-likeness (QED) is 0.514. The lowest BCUT2D eigenvalue weighted by Gasteiger charge is -2.28. The van der Waals surface area contributed by atoms with Crippen LogP contribution in [0.25, 0.3) is 0 Å². The molecule has 1 aliphatic heterocycles. The molecule has 1 aliphatic rings. The van der Waals surface area contributed by atoms with E-state index in [9.17, 15) is 0 Å². The Hall–Kier alpha value is -1.12. The lowest BCUT2D eigenvalue weighted by atomic mass is 10.5. The highest BCUT2D eigenvalue weighted by Gasteiger charge is 2.06. The van der Waals surface area contributed by atoms with Crippen molar-refractivity contribution in [1.29, 1.82) is 0 Å². The number of ether oxygens (including phenoxy) is 1. The van der Waals surface area contributed by atoms with Gasteiger partial charge in [-0.3, -0.25) is 0 Å². The van der Waals surface area contributed by atoms with Crippen molar-refractivity contribution >= 4 is 0 Å². The molecule has 0 N–H and O–H groups in total. The third kappa shape index (κ3) is 1.90. The highest BCUT2D eigenvalue weighted by atomic mass is 16.5. The Kier molecular flexibility index (Phi) is 2.41. The van der Waals surface area contributed by atoms with Gasteiger partial charge in [-0.05, 0) is 0 Å². The summed E-state index contributed by atoms with van der Waals surface area (Å²) in [6.07, 6.45) is 3.55. The molecule has 3 nitrogen and oxygen atoms in total. The van der Waals surface area contributed by atoms with Crippen molar-refractivity contribution < 1.29 is 4.74 Å². The Morgan fingerprint density at radius 1 is 1.55 bits per heavy atom. The zero-order chi connectivity index (χ0) is 8.27. The fourth-order valence-electron chi connectivity index (χ4n) is 0.876. The van der Waals surface area contributed by atoms with Gasteiger partial charge in [-0.25, -0.2) is 0 Å². The average molecular weight is 154 g/mol. The molecule has 0 aromatic rings. The minimum absolute atomic E-state index is 0.722. The van der Waals surface area contributed by atoms with E-state index in [2.05, 4.69) is 11.5 Å². The highest BCUT2D eigenvalue weighted by Crippen LogP contribution is 2.06. The lowest BCUT2D eigenvalue weighted by molar-refractivity contribution is 0.180. The molecular formula is C8H14N2O. The van der Waals surface area contributed by atoms with Gasteiger partial charge in [-0.15, -0.1) is 0 Å². The van der Waals surface area contributed by atoms with Crippen LogP contribution in [0.15, 0.2) is 24.9 Å². The van der Waals surface area contributed by atoms with Crippen molar-refractivity contribution in [3.05, 3.63) is 24.9 Å². The maximum atomic E-state index is 5.16. The Labute approximate surface area is 67.5 Å². The minimum Gasteiger partial charge on any atom is -0.498 e. The Morgan fingerprint density at radius 2 is 2.27 bits per heavy atom. The van der Waals surface area contributed by atoms with Gasteiger partial charge in [-0.1, -0.05) is 6.58 Å². The third-order valence-electron chi connectivity index (χ3n) is 1.77. The van der Waals surface area contributed by atoms with Gasteiger partial charge in [0.2, 0.25) is 0 Å². The second-order valence-corrected chi connectivity index (χ2v) is 2.60. The number of rotatable bonds is 0. The SMILES string of the molecule is C=C1N(C)C=COCCN1C. The van der Waals surface area contributed by atoms with Crippen LogP contribution in [-0.4, -0.2) is 37.0 Å². The summed E-state index contributed by atoms with van der Waals surface area (Å²) < 4.78 is 5.16. The van der Waals surface area contributed by atoms with E-state index in [1.54, 1.807) is 6.26 Å². The first-order chi connectivity index (χ1) is 5.22. The van der Waals surface area contributed by atoms with Gasteiger partial charge in [0, 0.05) is 20.3 Å². The number of likely N-dealkylation sites (N-methyl/N-ethyl adjacent to an activating group) is 1. The molecule has 0 aliphatic carbocycles. The van der Waals surface area contributed by atoms with Gasteiger partial charge in [0.25, 0.3) is 0 Å². The standard InChI is InChI=1S/C8H14N2O/c1-8-9(2)4-6-11-7-5-10(8)3/h4,6H,1,5,7H2,2-3H3. The van der Waals surface area contributed by atoms with E-state index < -0.39 is 0 Å². The molecule has 0 spiro atoms. The average Bonchev–Trinajstić information content (AvgIpc) is 2.00. The lowest BCUT2D eigenvalue weighted by Crippen LogP contribution is -2.30. The molecule has 0 amide bonds. The monoisotopic (exact) mass is 154 g/mol. The fourth-order valence-corrected chi connectivity index (χ4v) is 0.876. The number of hydrogen-bond donors (Lipinski definition) is 0. The molecule has 0 atom stereocenters. The summed E-state index contributed by atoms with van der Waals surface area (Å²) in [5, 5.41) is 0. The van der Waals surface area contributed by atoms with Crippen molar-refractivity contribution in [2.24, 2.45) is 0 Å². The second kappa shape index (κ2) is 3.32. The molecule has 0 radical (unpaired) electrons. The van der Waals surface area contributed by atoms with Crippen LogP contribution in [0.2, 0.25) is 0 Å². The van der Waals surface area contributed by atoms with Gasteiger partial charge in [-0.2, -0.15) is 0 Å². The van der Waals surface area contributed by atoms with E-state index >= 15 is 0 Å². The Morgan fingerprint density at radius 3 is 3.00 bits per heavy atom. The molecule has 0 aromatic heterocycles. The van der Waals surface area contributed by atoms with Crippen LogP contribution in [0.3, 0.4) is 0 Å². The molecule has 3 heteroatoms. The molecule has 0 fully saturated rings. The van der Waals surface area contributed by atoms with E-state index in [1.807, 2.05) is 25.2 Å². The van der Waals surface area contributed by atoms with Gasteiger partial charge < -0.3 is 14.5 Å². The van der Waals surface area contributed by atoms with E-state index in [0.29, 0.717) is 0 Å². The van der Waals surface area contributed by atoms with E-state index in [-0.39, 0.29) is 0 Å². The largest absolute Gasteiger partial charge is 0.498 e. The van der Waals surface area contributed by atoms with Gasteiger partial charge in [0.1, 0.15) is 12.4 Å². The summed E-state index contributed by atoms with van der Waals surface area (Å²) in [6.45, 7) is 5.53. The topological polar surface area (TPSA) is 15.7 Å². The van der Waals surface area contributed by atoms with Crippen molar-refractivity contribution in [1.82, 2.24) is 9.80 Å². The summed E-state index contributed by atoms with van der Waals surface area (Å²) in [7, 11) is 3.95. The van der Waals surface area contributed by atoms with Crippen LogP contribution >= 0.6 is 0 Å². The van der Waals surface area contributed by atoms with Crippen LogP contribution in [0.5, 0.6) is 0 Å². The van der Waals surface area contributed by atoms with Crippen molar-refractivity contribution in [2.45, 2.75) is 0 Å². The zero-order valence-electron chi connectivity index (χ0n) is 7.08. The molecule has 1 heterocycles. The van der Waals surface area contributed by atoms with Crippen LogP contribution in [0, 0.1) is 0 Å². The minimum atomic E-state index is 0.722. The number of hydrogen-bond acceptors (Lipinski definition) is 3. The van der Waals surface area contributed by atoms with Crippen molar-refractivity contribution in [3.8, 4) is 0 Å². The summed E-state index contributed by atoms with van der Waals surface area (Å²) in [6, 6.07) is 0. The van der Waals surface area contributed by atoms with Crippen molar-refractivity contribution in [2.75, 3.05) is 27.2 Å². The summed E-state index contributed by atoms with van der Waals surface area (Å²) in [5.74, 6) is 0.990. The van der Waals surface area contributed by atoms with Crippen molar-refractivity contribution in [3.63, 3.8) is 0 Å². The number of nitrogens with zero attached hydrogens (tertiary/aromatic N) is 2. The predicted octanol–water partition coefficient (Wildman–Crippen LogP) is 0.823. The van der Waals surface area contributed by atoms with Crippen LogP contribution in [-0.2, 0) is 4.74 Å². The molecule has 11 heavy (non-hydrogen) atoms. The van der Waals surface area contributed by atoms with Gasteiger partial charge in [0.15, 0.2) is 0 Å². The van der Waals surface area contributed by atoms with E-state index in [1.165, 1.54) is 0 Å². The Bertz CT molecular complexity index is 177. The molecule has 0 unspecified atom stereocenters. The first-order valence-corrected chi connectivity index (χ1v) is 3.63. The normalized spacial score (nSPS) is 19.3. The van der Waals surface area contributed by atoms with Crippen LogP contribution in [0.1, 0.15) is 0 Å². The van der Waals surface area contributed by atoms with E-state index in [0.717, 1.165) is 19.0 Å². The molecule has 0 saturated heterocycles. The zero-order valence-corrected chi connectivity index (χ0v) is 7.08. The summed E-state index contributed by atoms with van der Waals surface area (Å²) >= 11 is 0. The molecule has 62 valence electrons. The molecular weight excluding hydrogens is 140 g/mol. The smallest absolute Gasteiger partial charge is 0.105 e. The maximum absolute atomic E-state index is 5.16. The highest BCUT2D eigenvalue weighted by molar-refractivity contribution is 4.97. The predicted molar refractivity (Wildman–Crippen MR) is 44.6 cm³/mol. The molecule has 1 rings (SSSR count). The molecule has 0 aromatic carbocycles. The van der Waals surface area contributed by atoms with Crippen LogP contribution in [0.4, 0.5) is 0 Å².